The third kappa shape index (κ3) is 2.48. The standard InChI is InChI=1S/C13H21NO2S/c15-12(7-10-3-5-17-6-4-10)14-8-13(16,9-14)11-1-2-11/h10-11,16H,1-9H2. The molecule has 96 valence electrons. The van der Waals surface area contributed by atoms with Crippen LogP contribution in [0.25, 0.3) is 0 Å². The van der Waals surface area contributed by atoms with Crippen LogP contribution in [-0.2, 0) is 4.79 Å². The molecule has 17 heavy (non-hydrogen) atoms. The highest BCUT2D eigenvalue weighted by atomic mass is 32.2. The second-order valence-electron chi connectivity index (χ2n) is 5.89. The highest BCUT2D eigenvalue weighted by Crippen LogP contribution is 2.44. The minimum atomic E-state index is -0.516. The molecule has 0 spiro atoms. The van der Waals surface area contributed by atoms with Gasteiger partial charge in [-0.15, -0.1) is 0 Å². The number of likely N-dealkylation sites (tertiary alicyclic amines) is 1. The average Bonchev–Trinajstić information content (AvgIpc) is 3.10. The number of rotatable bonds is 3. The minimum Gasteiger partial charge on any atom is -0.386 e. The van der Waals surface area contributed by atoms with Crippen LogP contribution in [-0.4, -0.2) is 46.1 Å². The smallest absolute Gasteiger partial charge is 0.223 e. The molecule has 3 nitrogen and oxygen atoms in total. The first-order chi connectivity index (χ1) is 8.17. The van der Waals surface area contributed by atoms with E-state index in [1.165, 1.54) is 24.3 Å². The van der Waals surface area contributed by atoms with E-state index in [0.29, 0.717) is 31.3 Å². The van der Waals surface area contributed by atoms with Gasteiger partial charge in [0, 0.05) is 6.42 Å². The van der Waals surface area contributed by atoms with Crippen molar-refractivity contribution < 1.29 is 9.90 Å². The van der Waals surface area contributed by atoms with Crippen LogP contribution in [0, 0.1) is 11.8 Å². The molecule has 1 N–H and O–H groups in total. The largest absolute Gasteiger partial charge is 0.386 e. The number of hydrogen-bond donors (Lipinski definition) is 1. The van der Waals surface area contributed by atoms with Crippen molar-refractivity contribution in [3.8, 4) is 0 Å². The van der Waals surface area contributed by atoms with Crippen LogP contribution >= 0.6 is 11.8 Å². The molecule has 2 aliphatic heterocycles. The molecule has 0 atom stereocenters. The lowest BCUT2D eigenvalue weighted by atomic mass is 9.87. The van der Waals surface area contributed by atoms with E-state index >= 15 is 0 Å². The summed E-state index contributed by atoms with van der Waals surface area (Å²) in [5.41, 5.74) is -0.516. The van der Waals surface area contributed by atoms with Crippen LogP contribution in [0.1, 0.15) is 32.1 Å². The molecule has 2 heterocycles. The first-order valence-electron chi connectivity index (χ1n) is 6.75. The van der Waals surface area contributed by atoms with Crippen molar-refractivity contribution in [1.29, 1.82) is 0 Å². The van der Waals surface area contributed by atoms with E-state index < -0.39 is 5.60 Å². The van der Waals surface area contributed by atoms with Crippen LogP contribution in [0.15, 0.2) is 0 Å². The molecule has 3 aliphatic rings. The number of carbonyl (C=O) groups excluding carboxylic acids is 1. The van der Waals surface area contributed by atoms with Gasteiger partial charge < -0.3 is 10.0 Å². The summed E-state index contributed by atoms with van der Waals surface area (Å²) in [6, 6.07) is 0. The summed E-state index contributed by atoms with van der Waals surface area (Å²) >= 11 is 2.00. The van der Waals surface area contributed by atoms with Gasteiger partial charge in [0.2, 0.25) is 5.91 Å². The van der Waals surface area contributed by atoms with Gasteiger partial charge in [-0.2, -0.15) is 11.8 Å². The fourth-order valence-corrected chi connectivity index (χ4v) is 4.20. The molecule has 0 aromatic carbocycles. The zero-order valence-corrected chi connectivity index (χ0v) is 11.0. The Bertz CT molecular complexity index is 305. The van der Waals surface area contributed by atoms with Crippen molar-refractivity contribution in [3.63, 3.8) is 0 Å². The van der Waals surface area contributed by atoms with E-state index in [-0.39, 0.29) is 5.91 Å². The number of nitrogens with zero attached hydrogens (tertiary/aromatic N) is 1. The van der Waals surface area contributed by atoms with E-state index in [0.717, 1.165) is 12.8 Å². The summed E-state index contributed by atoms with van der Waals surface area (Å²) in [5.74, 6) is 3.77. The van der Waals surface area contributed by atoms with Crippen LogP contribution in [0.5, 0.6) is 0 Å². The molecule has 1 amide bonds. The third-order valence-electron chi connectivity index (χ3n) is 4.42. The summed E-state index contributed by atoms with van der Waals surface area (Å²) in [6.07, 6.45) is 5.40. The molecule has 0 radical (unpaired) electrons. The fraction of sp³-hybridized carbons (Fsp3) is 0.923. The van der Waals surface area contributed by atoms with Gasteiger partial charge in [0.15, 0.2) is 0 Å². The number of amides is 1. The summed E-state index contributed by atoms with van der Waals surface area (Å²) in [4.78, 5) is 13.9. The summed E-state index contributed by atoms with van der Waals surface area (Å²) < 4.78 is 0. The van der Waals surface area contributed by atoms with E-state index in [9.17, 15) is 9.90 Å². The van der Waals surface area contributed by atoms with Gasteiger partial charge in [-0.05, 0) is 49.0 Å². The summed E-state index contributed by atoms with van der Waals surface area (Å²) in [5, 5.41) is 10.2. The quantitative estimate of drug-likeness (QED) is 0.831. The molecule has 4 heteroatoms. The molecular weight excluding hydrogens is 234 g/mol. The lowest BCUT2D eigenvalue weighted by Gasteiger charge is -2.47. The summed E-state index contributed by atoms with van der Waals surface area (Å²) in [7, 11) is 0. The minimum absolute atomic E-state index is 0.271. The molecule has 0 aromatic heterocycles. The average molecular weight is 255 g/mol. The first kappa shape index (κ1) is 11.8. The number of aliphatic hydroxyl groups is 1. The highest BCUT2D eigenvalue weighted by Gasteiger charge is 2.53. The van der Waals surface area contributed by atoms with Gasteiger partial charge in [0.05, 0.1) is 13.1 Å². The monoisotopic (exact) mass is 255 g/mol. The molecule has 3 fully saturated rings. The second-order valence-corrected chi connectivity index (χ2v) is 7.11. The van der Waals surface area contributed by atoms with E-state index in [1.807, 2.05) is 16.7 Å². The molecule has 1 aliphatic carbocycles. The maximum absolute atomic E-state index is 12.0. The van der Waals surface area contributed by atoms with E-state index in [4.69, 9.17) is 0 Å². The Kier molecular flexibility index (Phi) is 3.11. The fourth-order valence-electron chi connectivity index (χ4n) is 3.00. The topological polar surface area (TPSA) is 40.5 Å². The van der Waals surface area contributed by atoms with Gasteiger partial charge in [0.25, 0.3) is 0 Å². The first-order valence-corrected chi connectivity index (χ1v) is 7.91. The van der Waals surface area contributed by atoms with Gasteiger partial charge in [0.1, 0.15) is 5.60 Å². The molecule has 1 saturated carbocycles. The van der Waals surface area contributed by atoms with E-state index in [2.05, 4.69) is 0 Å². The third-order valence-corrected chi connectivity index (χ3v) is 5.47. The van der Waals surface area contributed by atoms with E-state index in [1.54, 1.807) is 0 Å². The van der Waals surface area contributed by atoms with Crippen molar-refractivity contribution in [2.45, 2.75) is 37.7 Å². The Morgan fingerprint density at radius 1 is 1.24 bits per heavy atom. The predicted molar refractivity (Wildman–Crippen MR) is 68.9 cm³/mol. The number of hydrogen-bond acceptors (Lipinski definition) is 3. The molecule has 2 saturated heterocycles. The van der Waals surface area contributed by atoms with Crippen molar-refractivity contribution in [3.05, 3.63) is 0 Å². The van der Waals surface area contributed by atoms with Crippen molar-refractivity contribution >= 4 is 17.7 Å². The van der Waals surface area contributed by atoms with Gasteiger partial charge in [-0.3, -0.25) is 4.79 Å². The Morgan fingerprint density at radius 2 is 1.88 bits per heavy atom. The lowest BCUT2D eigenvalue weighted by Crippen LogP contribution is -2.64. The Hall–Kier alpha value is -0.220. The Morgan fingerprint density at radius 3 is 2.47 bits per heavy atom. The van der Waals surface area contributed by atoms with Crippen LogP contribution < -0.4 is 0 Å². The Labute approximate surface area is 107 Å². The molecule has 0 unspecified atom stereocenters. The SMILES string of the molecule is O=C(CC1CCSCC1)N1CC(O)(C2CC2)C1. The maximum atomic E-state index is 12.0. The highest BCUT2D eigenvalue weighted by molar-refractivity contribution is 7.99. The van der Waals surface area contributed by atoms with Crippen LogP contribution in [0.2, 0.25) is 0 Å². The van der Waals surface area contributed by atoms with Gasteiger partial charge in [-0.25, -0.2) is 0 Å². The molecule has 3 rings (SSSR count). The zero-order valence-electron chi connectivity index (χ0n) is 10.2. The zero-order chi connectivity index (χ0) is 11.9. The molecule has 0 aromatic rings. The van der Waals surface area contributed by atoms with Crippen molar-refractivity contribution in [2.24, 2.45) is 11.8 Å². The van der Waals surface area contributed by atoms with Crippen LogP contribution in [0.3, 0.4) is 0 Å². The lowest BCUT2D eigenvalue weighted by molar-refractivity contribution is -0.160. The van der Waals surface area contributed by atoms with Crippen molar-refractivity contribution in [1.82, 2.24) is 4.90 Å². The Balaban J connectivity index is 1.44. The molecular formula is C13H21NO2S. The second kappa shape index (κ2) is 4.47. The van der Waals surface area contributed by atoms with Crippen LogP contribution in [0.4, 0.5) is 0 Å². The van der Waals surface area contributed by atoms with Gasteiger partial charge >= 0.3 is 0 Å². The predicted octanol–water partition coefficient (Wildman–Crippen LogP) is 1.50. The maximum Gasteiger partial charge on any atom is 0.223 e. The number of thioether (sulfide) groups is 1. The van der Waals surface area contributed by atoms with Crippen molar-refractivity contribution in [2.75, 3.05) is 24.6 Å². The number of carbonyl (C=O) groups is 1. The molecule has 0 bridgehead atoms. The summed E-state index contributed by atoms with van der Waals surface area (Å²) in [6.45, 7) is 1.19. The normalized spacial score (nSPS) is 28.9. The number of β-amino-alcohol motifs (C(OH)–C–C–N with tert-alkyl or cyclic N) is 1. The van der Waals surface area contributed by atoms with Gasteiger partial charge in [-0.1, -0.05) is 0 Å².